The summed E-state index contributed by atoms with van der Waals surface area (Å²) in [7, 11) is 0. The number of hydrogen-bond acceptors (Lipinski definition) is 2. The lowest BCUT2D eigenvalue weighted by Gasteiger charge is -2.45. The molecule has 0 aromatic carbocycles. The van der Waals surface area contributed by atoms with Crippen molar-refractivity contribution in [2.45, 2.75) is 72.3 Å². The van der Waals surface area contributed by atoms with Crippen molar-refractivity contribution < 1.29 is 9.90 Å². The maximum Gasteiger partial charge on any atom is 0.310 e. The SMILES string of the molecule is CCC1(C(=O)O)CCN(C2CCCCC2C(C)(C)C)C1. The molecule has 3 heteroatoms. The summed E-state index contributed by atoms with van der Waals surface area (Å²) in [6, 6.07) is 0.594. The van der Waals surface area contributed by atoms with Gasteiger partial charge in [0.05, 0.1) is 5.41 Å². The summed E-state index contributed by atoms with van der Waals surface area (Å²) in [6.07, 6.45) is 6.78. The van der Waals surface area contributed by atoms with Crippen molar-refractivity contribution >= 4 is 5.97 Å². The number of carbonyl (C=O) groups is 1. The Morgan fingerprint density at radius 1 is 1.30 bits per heavy atom. The molecule has 20 heavy (non-hydrogen) atoms. The first-order valence-corrected chi connectivity index (χ1v) is 8.27. The molecule has 0 amide bonds. The Morgan fingerprint density at radius 3 is 2.45 bits per heavy atom. The van der Waals surface area contributed by atoms with Crippen molar-refractivity contribution in [3.8, 4) is 0 Å². The van der Waals surface area contributed by atoms with Gasteiger partial charge in [0, 0.05) is 12.6 Å². The zero-order valence-corrected chi connectivity index (χ0v) is 13.6. The van der Waals surface area contributed by atoms with Crippen LogP contribution < -0.4 is 0 Å². The van der Waals surface area contributed by atoms with Gasteiger partial charge >= 0.3 is 5.97 Å². The van der Waals surface area contributed by atoms with Crippen LogP contribution in [0.5, 0.6) is 0 Å². The molecule has 1 heterocycles. The van der Waals surface area contributed by atoms with E-state index in [9.17, 15) is 9.90 Å². The molecule has 1 aliphatic carbocycles. The van der Waals surface area contributed by atoms with Crippen molar-refractivity contribution in [1.82, 2.24) is 4.90 Å². The van der Waals surface area contributed by atoms with Crippen molar-refractivity contribution in [2.24, 2.45) is 16.7 Å². The van der Waals surface area contributed by atoms with E-state index in [4.69, 9.17) is 0 Å². The van der Waals surface area contributed by atoms with Crippen LogP contribution in [0.15, 0.2) is 0 Å². The third-order valence-corrected chi connectivity index (χ3v) is 5.82. The third-order valence-electron chi connectivity index (χ3n) is 5.82. The van der Waals surface area contributed by atoms with Gasteiger partial charge in [0.25, 0.3) is 0 Å². The second-order valence-electron chi connectivity index (χ2n) is 7.98. The quantitative estimate of drug-likeness (QED) is 0.856. The highest BCUT2D eigenvalue weighted by atomic mass is 16.4. The van der Waals surface area contributed by atoms with E-state index in [2.05, 4.69) is 25.7 Å². The number of likely N-dealkylation sites (tertiary alicyclic amines) is 1. The van der Waals surface area contributed by atoms with Crippen LogP contribution in [0.2, 0.25) is 0 Å². The fourth-order valence-electron chi connectivity index (χ4n) is 4.36. The second-order valence-corrected chi connectivity index (χ2v) is 7.98. The van der Waals surface area contributed by atoms with Crippen LogP contribution in [0.1, 0.15) is 66.2 Å². The summed E-state index contributed by atoms with van der Waals surface area (Å²) in [4.78, 5) is 14.1. The molecule has 2 fully saturated rings. The van der Waals surface area contributed by atoms with Crippen LogP contribution in [0.3, 0.4) is 0 Å². The Balaban J connectivity index is 2.13. The Morgan fingerprint density at radius 2 is 1.95 bits per heavy atom. The summed E-state index contributed by atoms with van der Waals surface area (Å²) in [6.45, 7) is 10.8. The molecule has 1 N–H and O–H groups in total. The largest absolute Gasteiger partial charge is 0.481 e. The maximum absolute atomic E-state index is 11.6. The van der Waals surface area contributed by atoms with Gasteiger partial charge in [-0.3, -0.25) is 9.69 Å². The van der Waals surface area contributed by atoms with Gasteiger partial charge in [-0.1, -0.05) is 40.5 Å². The smallest absolute Gasteiger partial charge is 0.310 e. The zero-order chi connectivity index (χ0) is 15.0. The lowest BCUT2D eigenvalue weighted by atomic mass is 9.69. The summed E-state index contributed by atoms with van der Waals surface area (Å²) in [5, 5.41) is 9.58. The molecule has 2 aliphatic rings. The highest BCUT2D eigenvalue weighted by molar-refractivity contribution is 5.75. The second kappa shape index (κ2) is 5.67. The van der Waals surface area contributed by atoms with E-state index in [1.165, 1.54) is 25.7 Å². The average molecular weight is 281 g/mol. The van der Waals surface area contributed by atoms with E-state index in [0.29, 0.717) is 17.4 Å². The standard InChI is InChI=1S/C17H31NO2/c1-5-17(15(19)20)10-11-18(12-17)14-9-7-6-8-13(14)16(2,3)4/h13-14H,5-12H2,1-4H3,(H,19,20). The zero-order valence-electron chi connectivity index (χ0n) is 13.6. The number of nitrogens with zero attached hydrogens (tertiary/aromatic N) is 1. The predicted molar refractivity (Wildman–Crippen MR) is 81.8 cm³/mol. The van der Waals surface area contributed by atoms with Gasteiger partial charge in [-0.15, -0.1) is 0 Å². The van der Waals surface area contributed by atoms with Gasteiger partial charge in [-0.25, -0.2) is 0 Å². The molecule has 1 saturated carbocycles. The van der Waals surface area contributed by atoms with Crippen LogP contribution >= 0.6 is 0 Å². The molecular formula is C17H31NO2. The van der Waals surface area contributed by atoms with Crippen molar-refractivity contribution in [3.63, 3.8) is 0 Å². The molecule has 1 saturated heterocycles. The lowest BCUT2D eigenvalue weighted by molar-refractivity contribution is -0.148. The summed E-state index contributed by atoms with van der Waals surface area (Å²) >= 11 is 0. The van der Waals surface area contributed by atoms with Crippen LogP contribution in [-0.2, 0) is 4.79 Å². The topological polar surface area (TPSA) is 40.5 Å². The van der Waals surface area contributed by atoms with E-state index in [-0.39, 0.29) is 0 Å². The fourth-order valence-corrected chi connectivity index (χ4v) is 4.36. The average Bonchev–Trinajstić information content (AvgIpc) is 2.83. The van der Waals surface area contributed by atoms with Gasteiger partial charge in [0.1, 0.15) is 0 Å². The van der Waals surface area contributed by atoms with Crippen LogP contribution in [-0.4, -0.2) is 35.1 Å². The Labute approximate surface area is 123 Å². The summed E-state index contributed by atoms with van der Waals surface area (Å²) in [5.74, 6) is 0.114. The first-order chi connectivity index (χ1) is 9.30. The first-order valence-electron chi connectivity index (χ1n) is 8.27. The predicted octanol–water partition coefficient (Wildman–Crippen LogP) is 3.78. The van der Waals surface area contributed by atoms with Gasteiger partial charge in [-0.05, 0) is 43.6 Å². The molecular weight excluding hydrogens is 250 g/mol. The van der Waals surface area contributed by atoms with Crippen LogP contribution in [0.4, 0.5) is 0 Å². The Bertz CT molecular complexity index is 360. The minimum absolute atomic E-state index is 0.325. The molecule has 0 spiro atoms. The molecule has 116 valence electrons. The first kappa shape index (κ1) is 15.8. The van der Waals surface area contributed by atoms with E-state index < -0.39 is 11.4 Å². The van der Waals surface area contributed by atoms with E-state index in [1.54, 1.807) is 0 Å². The molecule has 0 bridgehead atoms. The monoisotopic (exact) mass is 281 g/mol. The van der Waals surface area contributed by atoms with Crippen molar-refractivity contribution in [1.29, 1.82) is 0 Å². The highest BCUT2D eigenvalue weighted by Gasteiger charge is 2.47. The Kier molecular flexibility index (Phi) is 4.48. The van der Waals surface area contributed by atoms with Crippen LogP contribution in [0.25, 0.3) is 0 Å². The minimum atomic E-state index is -0.592. The van der Waals surface area contributed by atoms with Gasteiger partial charge in [0.15, 0.2) is 0 Å². The normalized spacial score (nSPS) is 36.2. The molecule has 3 unspecified atom stereocenters. The number of hydrogen-bond donors (Lipinski definition) is 1. The van der Waals surface area contributed by atoms with Crippen molar-refractivity contribution in [3.05, 3.63) is 0 Å². The molecule has 2 rings (SSSR count). The van der Waals surface area contributed by atoms with E-state index in [1.807, 2.05) is 6.92 Å². The van der Waals surface area contributed by atoms with Gasteiger partial charge in [-0.2, -0.15) is 0 Å². The molecule has 3 atom stereocenters. The Hall–Kier alpha value is -0.570. The number of carboxylic acid groups (broad SMARTS) is 1. The molecule has 3 nitrogen and oxygen atoms in total. The molecule has 0 aromatic rings. The number of rotatable bonds is 3. The fraction of sp³-hybridized carbons (Fsp3) is 0.941. The number of carboxylic acids is 1. The van der Waals surface area contributed by atoms with E-state index >= 15 is 0 Å². The van der Waals surface area contributed by atoms with E-state index in [0.717, 1.165) is 25.9 Å². The summed E-state index contributed by atoms with van der Waals surface area (Å²) in [5.41, 5.74) is -0.161. The third kappa shape index (κ3) is 2.88. The summed E-state index contributed by atoms with van der Waals surface area (Å²) < 4.78 is 0. The molecule has 1 aliphatic heterocycles. The maximum atomic E-state index is 11.6. The number of aliphatic carboxylic acids is 1. The van der Waals surface area contributed by atoms with Crippen molar-refractivity contribution in [2.75, 3.05) is 13.1 Å². The minimum Gasteiger partial charge on any atom is -0.481 e. The molecule has 0 aromatic heterocycles. The van der Waals surface area contributed by atoms with Gasteiger partial charge < -0.3 is 5.11 Å². The van der Waals surface area contributed by atoms with Crippen LogP contribution in [0, 0.1) is 16.7 Å². The van der Waals surface area contributed by atoms with Gasteiger partial charge in [0.2, 0.25) is 0 Å². The highest BCUT2D eigenvalue weighted by Crippen LogP contribution is 2.44. The molecule has 0 radical (unpaired) electrons. The lowest BCUT2D eigenvalue weighted by Crippen LogP contribution is -2.47.